The van der Waals surface area contributed by atoms with Gasteiger partial charge in [0.1, 0.15) is 5.78 Å². The van der Waals surface area contributed by atoms with Gasteiger partial charge in [0.05, 0.1) is 13.0 Å². The molecule has 0 spiro atoms. The van der Waals surface area contributed by atoms with Crippen LogP contribution < -0.4 is 0 Å². The van der Waals surface area contributed by atoms with E-state index in [0.29, 0.717) is 47.6 Å². The summed E-state index contributed by atoms with van der Waals surface area (Å²) in [6.07, 6.45) is 10.2. The predicted octanol–water partition coefficient (Wildman–Crippen LogP) is 8.18. The highest BCUT2D eigenvalue weighted by molar-refractivity contribution is 5.98. The van der Waals surface area contributed by atoms with Crippen molar-refractivity contribution in [3.05, 3.63) is 35.9 Å². The minimum atomic E-state index is -0.0974. The molecule has 0 N–H and O–H groups in total. The van der Waals surface area contributed by atoms with E-state index >= 15 is 0 Å². The molecule has 4 heteroatoms. The van der Waals surface area contributed by atoms with E-state index in [2.05, 4.69) is 34.6 Å². The van der Waals surface area contributed by atoms with E-state index < -0.39 is 0 Å². The molecule has 0 saturated heterocycles. The molecule has 4 aliphatic carbocycles. The highest BCUT2D eigenvalue weighted by Crippen LogP contribution is 2.68. The number of ether oxygens (including phenoxy) is 1. The number of esters is 1. The van der Waals surface area contributed by atoms with Crippen LogP contribution in [0.15, 0.2) is 30.3 Å². The highest BCUT2D eigenvalue weighted by Gasteiger charge is 2.65. The lowest BCUT2D eigenvalue weighted by atomic mass is 9.41. The van der Waals surface area contributed by atoms with Gasteiger partial charge in [-0.2, -0.15) is 0 Å². The van der Waals surface area contributed by atoms with E-state index in [1.54, 1.807) is 0 Å². The van der Waals surface area contributed by atoms with Gasteiger partial charge < -0.3 is 4.74 Å². The molecule has 220 valence electrons. The first-order valence-corrected chi connectivity index (χ1v) is 16.2. The van der Waals surface area contributed by atoms with Crippen LogP contribution in [-0.4, -0.2) is 24.6 Å². The van der Waals surface area contributed by atoms with Crippen LogP contribution in [0.3, 0.4) is 0 Å². The lowest BCUT2D eigenvalue weighted by molar-refractivity contribution is -0.162. The second-order valence-electron chi connectivity index (χ2n) is 14.8. The van der Waals surface area contributed by atoms with Gasteiger partial charge in [-0.25, -0.2) is 0 Å². The first kappa shape index (κ1) is 29.5. The first-order chi connectivity index (χ1) is 19.0. The Bertz CT molecular complexity index is 1090. The largest absolute Gasteiger partial charge is 0.469 e. The Kier molecular flexibility index (Phi) is 8.39. The SMILES string of the molecule is COC(=O)C(CC[C@@H](C)[C@H]1CC[C@H]2[C@@H]3C(=O)C[C@@H]4CCCC(C(=O)c5ccccc5)[C@]4(C)[C@H]3CC[C@]12C)C(C)C. The maximum absolute atomic E-state index is 14.0. The fraction of sp³-hybridized carbons (Fsp3) is 0.750. The van der Waals surface area contributed by atoms with Gasteiger partial charge in [0, 0.05) is 23.8 Å². The molecule has 0 heterocycles. The van der Waals surface area contributed by atoms with Gasteiger partial charge in [-0.15, -0.1) is 0 Å². The fourth-order valence-electron chi connectivity index (χ4n) is 10.7. The van der Waals surface area contributed by atoms with Crippen molar-refractivity contribution in [2.24, 2.45) is 64.1 Å². The maximum atomic E-state index is 14.0. The van der Waals surface area contributed by atoms with Gasteiger partial charge in [-0.1, -0.05) is 71.4 Å². The summed E-state index contributed by atoms with van der Waals surface area (Å²) in [5.74, 6) is 3.21. The zero-order chi connectivity index (χ0) is 28.8. The van der Waals surface area contributed by atoms with Crippen LogP contribution in [0.5, 0.6) is 0 Å². The van der Waals surface area contributed by atoms with Gasteiger partial charge in [0.15, 0.2) is 5.78 Å². The molecule has 0 aliphatic heterocycles. The molecule has 4 nitrogen and oxygen atoms in total. The molecule has 0 aromatic heterocycles. The summed E-state index contributed by atoms with van der Waals surface area (Å²) in [5.41, 5.74) is 0.899. The molecule has 1 aromatic rings. The van der Waals surface area contributed by atoms with Gasteiger partial charge in [-0.3, -0.25) is 14.4 Å². The smallest absolute Gasteiger partial charge is 0.308 e. The molecule has 2 unspecified atom stereocenters. The molecule has 0 radical (unpaired) electrons. The highest BCUT2D eigenvalue weighted by atomic mass is 16.5. The molecule has 4 fully saturated rings. The van der Waals surface area contributed by atoms with Crippen LogP contribution in [0.2, 0.25) is 0 Å². The Morgan fingerprint density at radius 1 is 0.950 bits per heavy atom. The fourth-order valence-corrected chi connectivity index (χ4v) is 10.7. The van der Waals surface area contributed by atoms with E-state index in [1.165, 1.54) is 13.5 Å². The van der Waals surface area contributed by atoms with Crippen LogP contribution in [0, 0.1) is 64.1 Å². The number of fused-ring (bicyclic) bond motifs is 5. The zero-order valence-corrected chi connectivity index (χ0v) is 25.8. The minimum absolute atomic E-state index is 0.0148. The maximum Gasteiger partial charge on any atom is 0.308 e. The lowest BCUT2D eigenvalue weighted by Gasteiger charge is -2.62. The number of Topliss-reactive ketones (excluding diaryl/α,β-unsaturated/α-hetero) is 2. The molecule has 0 amide bonds. The van der Waals surface area contributed by atoms with Crippen molar-refractivity contribution in [3.8, 4) is 0 Å². The summed E-state index contributed by atoms with van der Waals surface area (Å²) in [6.45, 7) is 11.5. The third kappa shape index (κ3) is 4.79. The Hall–Kier alpha value is -1.97. The predicted molar refractivity (Wildman–Crippen MR) is 159 cm³/mol. The summed E-state index contributed by atoms with van der Waals surface area (Å²) >= 11 is 0. The molecule has 4 saturated carbocycles. The second-order valence-corrected chi connectivity index (χ2v) is 14.8. The Morgan fingerprint density at radius 3 is 2.35 bits per heavy atom. The quantitative estimate of drug-likeness (QED) is 0.243. The van der Waals surface area contributed by atoms with E-state index in [1.807, 2.05) is 30.3 Å². The summed E-state index contributed by atoms with van der Waals surface area (Å²) in [6, 6.07) is 9.89. The van der Waals surface area contributed by atoms with Gasteiger partial charge in [0.2, 0.25) is 0 Å². The van der Waals surface area contributed by atoms with Gasteiger partial charge in [-0.05, 0) is 97.7 Å². The molecule has 0 bridgehead atoms. The van der Waals surface area contributed by atoms with Crippen molar-refractivity contribution in [2.75, 3.05) is 7.11 Å². The van der Waals surface area contributed by atoms with Crippen molar-refractivity contribution in [2.45, 2.75) is 98.8 Å². The Balaban J connectivity index is 1.37. The van der Waals surface area contributed by atoms with Crippen LogP contribution in [-0.2, 0) is 14.3 Å². The molecule has 10 atom stereocenters. The average molecular weight is 549 g/mol. The molecule has 40 heavy (non-hydrogen) atoms. The number of hydrogen-bond donors (Lipinski definition) is 0. The lowest BCUT2D eigenvalue weighted by Crippen LogP contribution is -2.60. The topological polar surface area (TPSA) is 60.4 Å². The molecule has 1 aromatic carbocycles. The number of methoxy groups -OCH3 is 1. The van der Waals surface area contributed by atoms with Crippen molar-refractivity contribution in [3.63, 3.8) is 0 Å². The summed E-state index contributed by atoms with van der Waals surface area (Å²) < 4.78 is 5.11. The first-order valence-electron chi connectivity index (χ1n) is 16.2. The standard InChI is InChI=1S/C36H52O4/c1-22(2)26(34(39)40-6)16-15-23(3)27-17-18-28-32-29(19-20-35(27,28)4)36(5)25(21-31(32)37)13-10-14-30(36)33(38)24-11-8-7-9-12-24/h7-9,11-12,22-23,25-30,32H,10,13-21H2,1-6H3/t23-,25+,26?,27-,28+,29+,30?,32+,35-,36+/m1/s1. The minimum Gasteiger partial charge on any atom is -0.469 e. The number of hydrogen-bond acceptors (Lipinski definition) is 4. The average Bonchev–Trinajstić information content (AvgIpc) is 3.30. The second kappa shape index (κ2) is 11.4. The van der Waals surface area contributed by atoms with Crippen LogP contribution >= 0.6 is 0 Å². The van der Waals surface area contributed by atoms with Gasteiger partial charge in [0.25, 0.3) is 0 Å². The Morgan fingerprint density at radius 2 is 1.68 bits per heavy atom. The molecule has 5 rings (SSSR count). The summed E-state index contributed by atoms with van der Waals surface area (Å²) in [4.78, 5) is 40.4. The molecule has 4 aliphatic rings. The van der Waals surface area contributed by atoms with E-state index in [-0.39, 0.29) is 40.5 Å². The zero-order valence-electron chi connectivity index (χ0n) is 25.8. The van der Waals surface area contributed by atoms with Crippen LogP contribution in [0.1, 0.15) is 109 Å². The van der Waals surface area contributed by atoms with Crippen LogP contribution in [0.4, 0.5) is 0 Å². The third-order valence-electron chi connectivity index (χ3n) is 12.9. The van der Waals surface area contributed by atoms with E-state index in [4.69, 9.17) is 4.74 Å². The van der Waals surface area contributed by atoms with E-state index in [9.17, 15) is 14.4 Å². The summed E-state index contributed by atoms with van der Waals surface area (Å²) in [5, 5.41) is 0. The number of ketones is 2. The molecular weight excluding hydrogens is 496 g/mol. The summed E-state index contributed by atoms with van der Waals surface area (Å²) in [7, 11) is 1.50. The number of rotatable bonds is 8. The number of carbonyl (C=O) groups excluding carboxylic acids is 3. The van der Waals surface area contributed by atoms with Gasteiger partial charge >= 0.3 is 5.97 Å². The van der Waals surface area contributed by atoms with Crippen molar-refractivity contribution >= 4 is 17.5 Å². The monoisotopic (exact) mass is 548 g/mol. The Labute approximate surface area is 242 Å². The normalized spacial score (nSPS) is 38.6. The van der Waals surface area contributed by atoms with Crippen molar-refractivity contribution < 1.29 is 19.1 Å². The third-order valence-corrected chi connectivity index (χ3v) is 12.9. The van der Waals surface area contributed by atoms with E-state index in [0.717, 1.165) is 56.9 Å². The van der Waals surface area contributed by atoms with Crippen molar-refractivity contribution in [1.29, 1.82) is 0 Å². The number of carbonyl (C=O) groups is 3. The van der Waals surface area contributed by atoms with Crippen molar-refractivity contribution in [1.82, 2.24) is 0 Å². The molecular formula is C36H52O4. The van der Waals surface area contributed by atoms with Crippen LogP contribution in [0.25, 0.3) is 0 Å². The number of benzene rings is 1.